The number of aromatic hydroxyl groups is 1. The minimum absolute atomic E-state index is 0.0220. The van der Waals surface area contributed by atoms with Crippen molar-refractivity contribution in [3.8, 4) is 5.75 Å². The minimum Gasteiger partial charge on any atom is -0.508 e. The summed E-state index contributed by atoms with van der Waals surface area (Å²) in [6.07, 6.45) is 1.32. The molecule has 31 heavy (non-hydrogen) atoms. The highest BCUT2D eigenvalue weighted by Crippen LogP contribution is 2.23. The van der Waals surface area contributed by atoms with Crippen LogP contribution in [0.5, 0.6) is 5.75 Å². The number of benzene rings is 3. The Bertz CT molecular complexity index is 1290. The summed E-state index contributed by atoms with van der Waals surface area (Å²) >= 11 is 0. The van der Waals surface area contributed by atoms with Crippen LogP contribution in [0.25, 0.3) is 10.9 Å². The molecule has 4 rings (SSSR count). The summed E-state index contributed by atoms with van der Waals surface area (Å²) in [7, 11) is 0. The lowest BCUT2D eigenvalue weighted by Gasteiger charge is -2.11. The summed E-state index contributed by atoms with van der Waals surface area (Å²) in [6, 6.07) is 18.3. The Morgan fingerprint density at radius 3 is 2.55 bits per heavy atom. The molecule has 0 fully saturated rings. The fourth-order valence-corrected chi connectivity index (χ4v) is 3.20. The average molecular weight is 414 g/mol. The molecular formula is C23H18N4O4. The summed E-state index contributed by atoms with van der Waals surface area (Å²) in [5.74, 6) is -0.842. The fraction of sp³-hybridized carbons (Fsp3) is 0.0435. The van der Waals surface area contributed by atoms with Gasteiger partial charge in [0.2, 0.25) is 0 Å². The maximum Gasteiger partial charge on any atom is 0.337 e. The zero-order valence-corrected chi connectivity index (χ0v) is 16.2. The molecule has 0 spiro atoms. The molecule has 1 amide bonds. The number of carboxylic acids is 1. The van der Waals surface area contributed by atoms with Crippen LogP contribution in [0.1, 0.15) is 26.3 Å². The van der Waals surface area contributed by atoms with Gasteiger partial charge < -0.3 is 20.8 Å². The van der Waals surface area contributed by atoms with E-state index in [4.69, 9.17) is 0 Å². The lowest BCUT2D eigenvalue weighted by molar-refractivity contribution is 0.0698. The molecule has 0 aliphatic rings. The van der Waals surface area contributed by atoms with E-state index >= 15 is 0 Å². The molecule has 0 unspecified atom stereocenters. The van der Waals surface area contributed by atoms with E-state index in [0.29, 0.717) is 34.5 Å². The number of carboxylic acid groups (broad SMARTS) is 1. The predicted octanol–water partition coefficient (Wildman–Crippen LogP) is 3.90. The first-order valence-corrected chi connectivity index (χ1v) is 9.41. The number of fused-ring (bicyclic) bond motifs is 1. The van der Waals surface area contributed by atoms with E-state index in [1.807, 2.05) is 18.2 Å². The molecule has 4 aromatic rings. The number of hydrogen-bond acceptors (Lipinski definition) is 6. The molecule has 3 aromatic carbocycles. The third-order valence-electron chi connectivity index (χ3n) is 4.65. The van der Waals surface area contributed by atoms with Crippen molar-refractivity contribution >= 4 is 34.3 Å². The summed E-state index contributed by atoms with van der Waals surface area (Å²) in [5, 5.41) is 25.5. The van der Waals surface area contributed by atoms with Crippen LogP contribution in [0.2, 0.25) is 0 Å². The van der Waals surface area contributed by atoms with Crippen LogP contribution in [0.15, 0.2) is 73.1 Å². The quantitative estimate of drug-likeness (QED) is 0.377. The number of aromatic nitrogens is 2. The first kappa shape index (κ1) is 19.8. The van der Waals surface area contributed by atoms with Gasteiger partial charge in [-0.3, -0.25) is 4.79 Å². The van der Waals surface area contributed by atoms with E-state index in [9.17, 15) is 19.8 Å². The average Bonchev–Trinajstić information content (AvgIpc) is 2.77. The Labute approximate surface area is 177 Å². The van der Waals surface area contributed by atoms with Crippen molar-refractivity contribution in [2.24, 2.45) is 0 Å². The Morgan fingerprint density at radius 2 is 1.74 bits per heavy atom. The second kappa shape index (κ2) is 8.50. The Morgan fingerprint density at radius 1 is 0.935 bits per heavy atom. The van der Waals surface area contributed by atoms with Crippen LogP contribution in [-0.4, -0.2) is 32.1 Å². The third kappa shape index (κ3) is 4.43. The van der Waals surface area contributed by atoms with Gasteiger partial charge >= 0.3 is 5.97 Å². The number of aromatic carboxylic acids is 1. The number of hydrogen-bond donors (Lipinski definition) is 4. The largest absolute Gasteiger partial charge is 0.508 e. The van der Waals surface area contributed by atoms with Crippen molar-refractivity contribution in [3.63, 3.8) is 0 Å². The summed E-state index contributed by atoms with van der Waals surface area (Å²) in [6.45, 7) is 0.402. The number of para-hydroxylation sites is 1. The highest BCUT2D eigenvalue weighted by Gasteiger charge is 2.12. The summed E-state index contributed by atoms with van der Waals surface area (Å²) in [4.78, 5) is 32.1. The van der Waals surface area contributed by atoms with Crippen LogP contribution in [0.4, 0.5) is 11.5 Å². The number of nitrogens with zero attached hydrogens (tertiary/aromatic N) is 2. The van der Waals surface area contributed by atoms with E-state index in [1.54, 1.807) is 30.3 Å². The molecule has 8 heteroatoms. The first-order valence-electron chi connectivity index (χ1n) is 9.41. The number of rotatable bonds is 6. The van der Waals surface area contributed by atoms with Gasteiger partial charge in [-0.15, -0.1) is 0 Å². The van der Waals surface area contributed by atoms with E-state index < -0.39 is 5.97 Å². The monoisotopic (exact) mass is 414 g/mol. The molecule has 4 N–H and O–H groups in total. The number of nitrogens with one attached hydrogen (secondary N) is 2. The molecule has 0 aliphatic carbocycles. The molecule has 1 heterocycles. The van der Waals surface area contributed by atoms with E-state index in [0.717, 1.165) is 5.56 Å². The molecule has 0 bridgehead atoms. The van der Waals surface area contributed by atoms with Crippen molar-refractivity contribution in [1.82, 2.24) is 9.97 Å². The number of anilines is 2. The van der Waals surface area contributed by atoms with Gasteiger partial charge in [-0.05, 0) is 48.0 Å². The number of phenols is 1. The Kier molecular flexibility index (Phi) is 5.44. The predicted molar refractivity (Wildman–Crippen MR) is 116 cm³/mol. The van der Waals surface area contributed by atoms with Gasteiger partial charge in [-0.2, -0.15) is 0 Å². The van der Waals surface area contributed by atoms with Crippen molar-refractivity contribution in [3.05, 3.63) is 89.7 Å². The van der Waals surface area contributed by atoms with Gasteiger partial charge in [0, 0.05) is 23.2 Å². The SMILES string of the molecule is O=C(Nc1cccc(CNc2ncnc3c(C(=O)O)cccc23)c1)c1cccc(O)c1. The molecule has 0 radical (unpaired) electrons. The molecule has 0 saturated carbocycles. The smallest absolute Gasteiger partial charge is 0.337 e. The van der Waals surface area contributed by atoms with Crippen LogP contribution < -0.4 is 10.6 Å². The van der Waals surface area contributed by atoms with E-state index in [-0.39, 0.29) is 17.2 Å². The van der Waals surface area contributed by atoms with Crippen LogP contribution >= 0.6 is 0 Å². The number of amides is 1. The number of carbonyl (C=O) groups excluding carboxylic acids is 1. The van der Waals surface area contributed by atoms with Gasteiger partial charge in [-0.25, -0.2) is 14.8 Å². The second-order valence-electron chi connectivity index (χ2n) is 6.79. The van der Waals surface area contributed by atoms with Gasteiger partial charge in [0.05, 0.1) is 11.1 Å². The third-order valence-corrected chi connectivity index (χ3v) is 4.65. The molecule has 8 nitrogen and oxygen atoms in total. The zero-order valence-electron chi connectivity index (χ0n) is 16.2. The highest BCUT2D eigenvalue weighted by atomic mass is 16.4. The van der Waals surface area contributed by atoms with Crippen molar-refractivity contribution in [2.75, 3.05) is 10.6 Å². The molecule has 1 aromatic heterocycles. The van der Waals surface area contributed by atoms with Gasteiger partial charge in [-0.1, -0.05) is 24.3 Å². The maximum atomic E-state index is 12.4. The zero-order chi connectivity index (χ0) is 21.8. The topological polar surface area (TPSA) is 124 Å². The number of phenolic OH excluding ortho intramolecular Hbond substituents is 1. The van der Waals surface area contributed by atoms with E-state index in [1.165, 1.54) is 24.5 Å². The second-order valence-corrected chi connectivity index (χ2v) is 6.79. The summed E-state index contributed by atoms with van der Waals surface area (Å²) in [5.41, 5.74) is 2.31. The van der Waals surface area contributed by atoms with E-state index in [2.05, 4.69) is 20.6 Å². The van der Waals surface area contributed by atoms with Crippen molar-refractivity contribution in [1.29, 1.82) is 0 Å². The minimum atomic E-state index is -1.05. The van der Waals surface area contributed by atoms with Crippen molar-refractivity contribution < 1.29 is 19.8 Å². The van der Waals surface area contributed by atoms with Crippen LogP contribution in [0, 0.1) is 0 Å². The molecule has 0 saturated heterocycles. The van der Waals surface area contributed by atoms with Gasteiger partial charge in [0.15, 0.2) is 0 Å². The lowest BCUT2D eigenvalue weighted by Crippen LogP contribution is -2.12. The van der Waals surface area contributed by atoms with Crippen LogP contribution in [-0.2, 0) is 6.54 Å². The van der Waals surface area contributed by atoms with Gasteiger partial charge in [0.25, 0.3) is 5.91 Å². The number of carbonyl (C=O) groups is 2. The maximum absolute atomic E-state index is 12.4. The highest BCUT2D eigenvalue weighted by molar-refractivity contribution is 6.05. The van der Waals surface area contributed by atoms with Gasteiger partial charge in [0.1, 0.15) is 17.9 Å². The lowest BCUT2D eigenvalue weighted by atomic mass is 10.1. The molecule has 0 atom stereocenters. The molecular weight excluding hydrogens is 396 g/mol. The standard InChI is InChI=1S/C23H18N4O4/c28-17-7-2-5-15(11-17)22(29)27-16-6-1-4-14(10-16)12-24-21-18-8-3-9-19(23(30)31)20(18)25-13-26-21/h1-11,13,28H,12H2,(H,27,29)(H,30,31)(H,24,25,26). The Balaban J connectivity index is 1.51. The normalized spacial score (nSPS) is 10.6. The fourth-order valence-electron chi connectivity index (χ4n) is 3.20. The Hall–Kier alpha value is -4.46. The first-order chi connectivity index (χ1) is 15.0. The molecule has 154 valence electrons. The molecule has 0 aliphatic heterocycles. The van der Waals surface area contributed by atoms with Crippen LogP contribution in [0.3, 0.4) is 0 Å². The summed E-state index contributed by atoms with van der Waals surface area (Å²) < 4.78 is 0. The van der Waals surface area contributed by atoms with Crippen molar-refractivity contribution in [2.45, 2.75) is 6.54 Å².